The van der Waals surface area contributed by atoms with Gasteiger partial charge in [0.1, 0.15) is 0 Å². The van der Waals surface area contributed by atoms with Gasteiger partial charge in [0, 0.05) is 0 Å². The maximum absolute atomic E-state index is 13.4. The summed E-state index contributed by atoms with van der Waals surface area (Å²) in [5.41, 5.74) is 2.13. The summed E-state index contributed by atoms with van der Waals surface area (Å²) < 4.78 is 6.48. The number of anilines is 3. The number of rotatable bonds is 4. The molecule has 2 aromatic heterocycles. The number of pyridine rings is 2. The summed E-state index contributed by atoms with van der Waals surface area (Å²) >= 11 is -2.69. The van der Waals surface area contributed by atoms with Crippen LogP contribution in [-0.4, -0.2) is 75.1 Å². The van der Waals surface area contributed by atoms with Gasteiger partial charge in [-0.05, 0) is 0 Å². The fourth-order valence-electron chi connectivity index (χ4n) is 4.43. The number of nitrogens with one attached hydrogen (secondary N) is 1. The van der Waals surface area contributed by atoms with E-state index in [9.17, 15) is 14.7 Å². The minimum absolute atomic E-state index is 0.169. The third kappa shape index (κ3) is 5.71. The number of nitrogens with zero attached hydrogens (tertiary/aromatic N) is 4. The van der Waals surface area contributed by atoms with Crippen molar-refractivity contribution in [2.24, 2.45) is 0 Å². The maximum atomic E-state index is 13.4. The van der Waals surface area contributed by atoms with Crippen LogP contribution in [0, 0.1) is 0 Å². The fourth-order valence-corrected chi connectivity index (χ4v) is 8.89. The van der Waals surface area contributed by atoms with Crippen LogP contribution in [-0.2, 0) is 11.3 Å². The molecule has 188 valence electrons. The van der Waals surface area contributed by atoms with Gasteiger partial charge in [-0.15, -0.1) is 0 Å². The number of aliphatic hydroxyl groups excluding tert-OH is 1. The summed E-state index contributed by atoms with van der Waals surface area (Å²) in [5, 5.41) is 13.0. The Kier molecular flexibility index (Phi) is 7.02. The van der Waals surface area contributed by atoms with Crippen LogP contribution in [0.3, 0.4) is 0 Å². The van der Waals surface area contributed by atoms with Crippen LogP contribution < -0.4 is 13.9 Å². The third-order valence-corrected chi connectivity index (χ3v) is 11.4. The molecular weight excluding hydrogens is 553 g/mol. The van der Waals surface area contributed by atoms with Gasteiger partial charge in [0.05, 0.1) is 6.10 Å². The molecule has 4 rings (SSSR count). The first-order valence-corrected chi connectivity index (χ1v) is 22.1. The average Bonchev–Trinajstić information content (AvgIpc) is 3.11. The van der Waals surface area contributed by atoms with E-state index in [0.717, 1.165) is 40.9 Å². The van der Waals surface area contributed by atoms with E-state index in [0.29, 0.717) is 17.1 Å². The Morgan fingerprint density at radius 1 is 1.14 bits per heavy atom. The Bertz CT molecular complexity index is 1120. The number of carbonyl (C=O) groups excluding carboxylic acids is 2. The molecule has 0 aromatic carbocycles. The van der Waals surface area contributed by atoms with Gasteiger partial charge in [-0.3, -0.25) is 0 Å². The van der Waals surface area contributed by atoms with Crippen molar-refractivity contribution in [1.29, 1.82) is 0 Å². The Balaban J connectivity index is 1.61. The molecule has 0 radical (unpaired) electrons. The predicted octanol–water partition coefficient (Wildman–Crippen LogP) is 3.62. The number of hydrogen-bond donors (Lipinski definition) is 2. The summed E-state index contributed by atoms with van der Waals surface area (Å²) in [4.78, 5) is 45.6. The van der Waals surface area contributed by atoms with Crippen LogP contribution in [0.15, 0.2) is 24.5 Å². The zero-order valence-electron chi connectivity index (χ0n) is 21.4. The van der Waals surface area contributed by atoms with Gasteiger partial charge in [-0.2, -0.15) is 0 Å². The molecule has 1 saturated heterocycles. The van der Waals surface area contributed by atoms with E-state index >= 15 is 0 Å². The Morgan fingerprint density at radius 2 is 1.83 bits per heavy atom. The van der Waals surface area contributed by atoms with Gasteiger partial charge < -0.3 is 5.11 Å². The van der Waals surface area contributed by atoms with Crippen molar-refractivity contribution >= 4 is 51.3 Å². The zero-order chi connectivity index (χ0) is 25.5. The number of piperidine rings is 1. The quantitative estimate of drug-likeness (QED) is 0.522. The van der Waals surface area contributed by atoms with E-state index in [1.165, 1.54) is 4.90 Å². The summed E-state index contributed by atoms with van der Waals surface area (Å²) in [5.74, 6) is 0.213. The minimum atomic E-state index is -2.69. The number of amides is 2. The molecule has 35 heavy (non-hydrogen) atoms. The number of imide groups is 1. The van der Waals surface area contributed by atoms with Crippen molar-refractivity contribution in [3.05, 3.63) is 35.7 Å². The number of fused-ring (bicyclic) bond motifs is 1. The monoisotopic (exact) mass is 589 g/mol. The second-order valence-electron chi connectivity index (χ2n) is 11.2. The first-order valence-electron chi connectivity index (χ1n) is 12.1. The predicted molar refractivity (Wildman–Crippen MR) is 138 cm³/mol. The van der Waals surface area contributed by atoms with Crippen molar-refractivity contribution in [1.82, 2.24) is 14.9 Å². The van der Waals surface area contributed by atoms with Gasteiger partial charge in [-0.1, -0.05) is 0 Å². The molecule has 4 heterocycles. The Hall–Kier alpha value is -2.40. The van der Waals surface area contributed by atoms with Crippen LogP contribution in [0.25, 0.3) is 0 Å². The molecule has 0 bridgehead atoms. The molecule has 1 fully saturated rings. The third-order valence-electron chi connectivity index (χ3n) is 6.12. The van der Waals surface area contributed by atoms with Crippen LogP contribution in [0.2, 0.25) is 14.8 Å². The Morgan fingerprint density at radius 3 is 2.40 bits per heavy atom. The van der Waals surface area contributed by atoms with Crippen molar-refractivity contribution in [2.75, 3.05) is 23.3 Å². The normalized spacial score (nSPS) is 16.9. The first kappa shape index (κ1) is 25.7. The molecule has 0 unspecified atom stereocenters. The molecule has 2 aliphatic rings. The molecular formula is C25H35N5O4Sn. The second kappa shape index (κ2) is 9.57. The van der Waals surface area contributed by atoms with Gasteiger partial charge in [0.2, 0.25) is 0 Å². The number of ether oxygens (including phenoxy) is 1. The van der Waals surface area contributed by atoms with Gasteiger partial charge >= 0.3 is 200 Å². The van der Waals surface area contributed by atoms with Crippen LogP contribution in [0.4, 0.5) is 22.0 Å². The van der Waals surface area contributed by atoms with Gasteiger partial charge in [-0.25, -0.2) is 0 Å². The number of aliphatic hydroxyl groups is 1. The molecule has 2 aliphatic heterocycles. The van der Waals surface area contributed by atoms with E-state index in [1.807, 2.05) is 12.1 Å². The molecule has 0 spiro atoms. The molecule has 10 heteroatoms. The van der Waals surface area contributed by atoms with Crippen molar-refractivity contribution in [3.8, 4) is 0 Å². The first-order chi connectivity index (χ1) is 16.3. The summed E-state index contributed by atoms with van der Waals surface area (Å²) in [6.45, 7) is 7.11. The molecule has 9 nitrogen and oxygen atoms in total. The van der Waals surface area contributed by atoms with Crippen molar-refractivity contribution in [3.63, 3.8) is 0 Å². The number of aromatic nitrogens is 2. The topological polar surface area (TPSA) is 108 Å². The Labute approximate surface area is 210 Å². The number of hydrogen-bond acceptors (Lipinski definition) is 8. The van der Waals surface area contributed by atoms with Crippen LogP contribution in [0.5, 0.6) is 0 Å². The number of carbonyl (C=O) groups is 2. The molecule has 0 saturated carbocycles. The summed E-state index contributed by atoms with van der Waals surface area (Å²) in [6, 6.07) is 3.85. The molecule has 2 aromatic rings. The van der Waals surface area contributed by atoms with Gasteiger partial charge in [0.25, 0.3) is 0 Å². The van der Waals surface area contributed by atoms with Gasteiger partial charge in [0.15, 0.2) is 0 Å². The van der Waals surface area contributed by atoms with E-state index in [1.54, 1.807) is 33.2 Å². The van der Waals surface area contributed by atoms with E-state index in [2.05, 4.69) is 30.0 Å². The molecule has 2 amide bonds. The second-order valence-corrected chi connectivity index (χ2v) is 25.4. The van der Waals surface area contributed by atoms with E-state index in [-0.39, 0.29) is 18.6 Å². The molecule has 0 aliphatic carbocycles. The van der Waals surface area contributed by atoms with E-state index in [4.69, 9.17) is 9.72 Å². The molecule has 0 atom stereocenters. The fraction of sp³-hybridized carbons (Fsp3) is 0.520. The van der Waals surface area contributed by atoms with Crippen molar-refractivity contribution < 1.29 is 19.4 Å². The van der Waals surface area contributed by atoms with Crippen LogP contribution in [0.1, 0.15) is 49.5 Å². The summed E-state index contributed by atoms with van der Waals surface area (Å²) in [6.07, 6.45) is 4.11. The summed E-state index contributed by atoms with van der Waals surface area (Å²) in [7, 11) is 0. The van der Waals surface area contributed by atoms with Crippen molar-refractivity contribution in [2.45, 2.75) is 66.7 Å². The SMILES string of the molecule is CC(C)(C)OC(=O)N1Cc2[c]([Sn]([CH3])([CH3])[CH3])ncc(Nc3ccc(N4CCC(O)CC4)cn3)c2C1=O. The van der Waals surface area contributed by atoms with E-state index < -0.39 is 30.1 Å². The molecule has 2 N–H and O–H groups in total. The standard InChI is InChI=1S/C22H26N5O4.3CH3.Sn/c1-22(2,3)31-21(30)27-13-14-10-23-12-17(19(14)20(27)29)25-18-5-4-15(11-24-18)26-8-6-16(28)7-9-26;;;;/h4-5,11-12,16,28H,6-9,13H2,1-3H3,(H,24,25);3*1H3;. The van der Waals surface area contributed by atoms with Crippen LogP contribution >= 0.6 is 0 Å². The zero-order valence-corrected chi connectivity index (χ0v) is 24.2. The average molecular weight is 588 g/mol.